The fraction of sp³-hybridized carbons (Fsp3) is 0.231. The number of primary sulfonamides is 1. The number of sulfonamides is 1. The second kappa shape index (κ2) is 6.72. The van der Waals surface area contributed by atoms with Gasteiger partial charge in [0.1, 0.15) is 4.21 Å². The molecule has 0 saturated carbocycles. The molecule has 4 N–H and O–H groups in total. The molecule has 2 rings (SSSR count). The largest absolute Gasteiger partial charge is 0.396 e. The first-order valence-corrected chi connectivity index (χ1v) is 8.81. The Morgan fingerprint density at radius 1 is 1.26 bits per heavy atom. The van der Waals surface area contributed by atoms with Gasteiger partial charge in [-0.1, -0.05) is 0 Å². The number of nitro groups is 1. The molecule has 1 heterocycles. The third-order valence-corrected chi connectivity index (χ3v) is 5.80. The van der Waals surface area contributed by atoms with E-state index in [0.29, 0.717) is 5.56 Å². The van der Waals surface area contributed by atoms with Crippen LogP contribution in [0, 0.1) is 10.1 Å². The van der Waals surface area contributed by atoms with E-state index < -0.39 is 33.6 Å². The molecule has 0 aliphatic rings. The van der Waals surface area contributed by atoms with Crippen molar-refractivity contribution in [3.05, 3.63) is 57.0 Å². The highest BCUT2D eigenvalue weighted by atomic mass is 32.2. The maximum atomic E-state index is 11.6. The Kier molecular flexibility index (Phi) is 5.12. The zero-order chi connectivity index (χ0) is 17.2. The lowest BCUT2D eigenvalue weighted by atomic mass is 9.91. The van der Waals surface area contributed by atoms with E-state index in [1.54, 1.807) is 0 Å². The van der Waals surface area contributed by atoms with Gasteiger partial charge in [-0.05, 0) is 34.7 Å². The molecular formula is C13H14N2O6S2. The quantitative estimate of drug-likeness (QED) is 0.521. The normalized spacial score (nSPS) is 14.4. The SMILES string of the molecule is NS(=O)(=O)c1sccc1[C@H](CO)[C@@H](O)c1ccc([N+](=O)[O-])cc1. The standard InChI is InChI=1S/C13H14N2O6S2/c14-23(20,21)13-10(5-6-22-13)11(7-16)12(17)8-1-3-9(4-2-8)15(18)19/h1-6,11-12,16-17H,7H2,(H2,14,20,21)/t11-,12-/m0/s1. The number of aliphatic hydroxyl groups excluding tert-OH is 2. The number of nitrogens with two attached hydrogens (primary N) is 1. The van der Waals surface area contributed by atoms with Crippen molar-refractivity contribution in [2.75, 3.05) is 6.61 Å². The fourth-order valence-corrected chi connectivity index (χ4v) is 4.15. The average Bonchev–Trinajstić information content (AvgIpc) is 2.97. The van der Waals surface area contributed by atoms with Gasteiger partial charge in [0.15, 0.2) is 0 Å². The maximum absolute atomic E-state index is 11.6. The summed E-state index contributed by atoms with van der Waals surface area (Å²) < 4.78 is 23.0. The van der Waals surface area contributed by atoms with Gasteiger partial charge < -0.3 is 10.2 Å². The van der Waals surface area contributed by atoms with Crippen LogP contribution >= 0.6 is 11.3 Å². The summed E-state index contributed by atoms with van der Waals surface area (Å²) >= 11 is 0.895. The smallest absolute Gasteiger partial charge is 0.269 e. The summed E-state index contributed by atoms with van der Waals surface area (Å²) in [5.41, 5.74) is 0.398. The van der Waals surface area contributed by atoms with E-state index in [-0.39, 0.29) is 15.5 Å². The van der Waals surface area contributed by atoms with E-state index in [1.807, 2.05) is 0 Å². The third kappa shape index (κ3) is 3.74. The molecule has 0 fully saturated rings. The van der Waals surface area contributed by atoms with E-state index in [4.69, 9.17) is 5.14 Å². The van der Waals surface area contributed by atoms with Gasteiger partial charge in [-0.15, -0.1) is 11.3 Å². The Morgan fingerprint density at radius 3 is 2.35 bits per heavy atom. The summed E-state index contributed by atoms with van der Waals surface area (Å²) in [4.78, 5) is 10.1. The van der Waals surface area contributed by atoms with Crippen LogP contribution in [0.15, 0.2) is 39.9 Å². The number of rotatable bonds is 6. The van der Waals surface area contributed by atoms with Crippen molar-refractivity contribution in [3.8, 4) is 0 Å². The summed E-state index contributed by atoms with van der Waals surface area (Å²) in [7, 11) is -3.97. The first-order chi connectivity index (χ1) is 10.8. The van der Waals surface area contributed by atoms with Gasteiger partial charge in [-0.25, -0.2) is 13.6 Å². The Labute approximate surface area is 136 Å². The highest BCUT2D eigenvalue weighted by molar-refractivity contribution is 7.91. The van der Waals surface area contributed by atoms with E-state index in [0.717, 1.165) is 11.3 Å². The van der Waals surface area contributed by atoms with Crippen LogP contribution in [0.4, 0.5) is 5.69 Å². The van der Waals surface area contributed by atoms with Crippen molar-refractivity contribution in [2.45, 2.75) is 16.2 Å². The molecule has 1 aromatic heterocycles. The average molecular weight is 358 g/mol. The van der Waals surface area contributed by atoms with Crippen molar-refractivity contribution < 1.29 is 23.6 Å². The Balaban J connectivity index is 2.38. The minimum atomic E-state index is -3.97. The molecule has 0 radical (unpaired) electrons. The fourth-order valence-electron chi connectivity index (χ4n) is 2.21. The Hall–Kier alpha value is -1.85. The van der Waals surface area contributed by atoms with E-state index >= 15 is 0 Å². The predicted octanol–water partition coefficient (Wildman–Crippen LogP) is 1.11. The second-order valence-corrected chi connectivity index (χ2v) is 7.46. The van der Waals surface area contributed by atoms with Crippen LogP contribution < -0.4 is 5.14 Å². The molecule has 1 aromatic carbocycles. The molecule has 124 valence electrons. The zero-order valence-corrected chi connectivity index (χ0v) is 13.3. The van der Waals surface area contributed by atoms with Gasteiger partial charge in [0.2, 0.25) is 10.0 Å². The topological polar surface area (TPSA) is 144 Å². The molecule has 0 amide bonds. The van der Waals surface area contributed by atoms with Crippen molar-refractivity contribution >= 4 is 27.0 Å². The number of nitrogens with zero attached hydrogens (tertiary/aromatic N) is 1. The maximum Gasteiger partial charge on any atom is 0.269 e. The molecule has 0 spiro atoms. The first-order valence-electron chi connectivity index (χ1n) is 6.39. The Bertz CT molecular complexity index is 800. The van der Waals surface area contributed by atoms with E-state index in [2.05, 4.69) is 0 Å². The van der Waals surface area contributed by atoms with Crippen LogP contribution in [0.2, 0.25) is 0 Å². The Morgan fingerprint density at radius 2 is 1.87 bits per heavy atom. The van der Waals surface area contributed by atoms with Crippen LogP contribution in [0.25, 0.3) is 0 Å². The molecule has 8 nitrogen and oxygen atoms in total. The first kappa shape index (κ1) is 17.5. The van der Waals surface area contributed by atoms with Crippen molar-refractivity contribution in [2.24, 2.45) is 5.14 Å². The third-order valence-electron chi connectivity index (χ3n) is 3.34. The number of hydrogen-bond acceptors (Lipinski definition) is 7. The molecule has 0 saturated heterocycles. The van der Waals surface area contributed by atoms with Crippen LogP contribution in [-0.2, 0) is 10.0 Å². The molecular weight excluding hydrogens is 344 g/mol. The highest BCUT2D eigenvalue weighted by Gasteiger charge is 2.28. The summed E-state index contributed by atoms with van der Waals surface area (Å²) in [6.07, 6.45) is -1.24. The summed E-state index contributed by atoms with van der Waals surface area (Å²) in [5.74, 6) is -0.920. The van der Waals surface area contributed by atoms with E-state index in [9.17, 15) is 28.7 Å². The van der Waals surface area contributed by atoms with E-state index in [1.165, 1.54) is 35.7 Å². The number of nitro benzene ring substituents is 1. The minimum absolute atomic E-state index is 0.127. The van der Waals surface area contributed by atoms with Crippen LogP contribution in [0.3, 0.4) is 0 Å². The molecule has 23 heavy (non-hydrogen) atoms. The molecule has 0 aliphatic carbocycles. The van der Waals surface area contributed by atoms with Gasteiger partial charge in [0.05, 0.1) is 17.6 Å². The van der Waals surface area contributed by atoms with Gasteiger partial charge in [-0.2, -0.15) is 0 Å². The van der Waals surface area contributed by atoms with Crippen LogP contribution in [-0.4, -0.2) is 30.2 Å². The lowest BCUT2D eigenvalue weighted by Crippen LogP contribution is -2.19. The van der Waals surface area contributed by atoms with Gasteiger partial charge in [0.25, 0.3) is 5.69 Å². The van der Waals surface area contributed by atoms with Gasteiger partial charge in [-0.3, -0.25) is 10.1 Å². The second-order valence-electron chi connectivity index (χ2n) is 4.79. The van der Waals surface area contributed by atoms with Crippen LogP contribution in [0.1, 0.15) is 23.1 Å². The summed E-state index contributed by atoms with van der Waals surface area (Å²) in [6.45, 7) is -0.516. The minimum Gasteiger partial charge on any atom is -0.396 e. The molecule has 10 heteroatoms. The number of hydrogen-bond donors (Lipinski definition) is 3. The number of aliphatic hydroxyl groups is 2. The van der Waals surface area contributed by atoms with Crippen molar-refractivity contribution in [1.29, 1.82) is 0 Å². The lowest BCUT2D eigenvalue weighted by Gasteiger charge is -2.21. The van der Waals surface area contributed by atoms with Gasteiger partial charge in [0, 0.05) is 18.1 Å². The van der Waals surface area contributed by atoms with Gasteiger partial charge >= 0.3 is 0 Å². The summed E-state index contributed by atoms with van der Waals surface area (Å²) in [5, 5.41) is 37.2. The zero-order valence-electron chi connectivity index (χ0n) is 11.7. The van der Waals surface area contributed by atoms with Crippen LogP contribution in [0.5, 0.6) is 0 Å². The molecule has 0 aliphatic heterocycles. The lowest BCUT2D eigenvalue weighted by molar-refractivity contribution is -0.384. The monoisotopic (exact) mass is 358 g/mol. The highest BCUT2D eigenvalue weighted by Crippen LogP contribution is 2.36. The van der Waals surface area contributed by atoms with Crippen molar-refractivity contribution in [3.63, 3.8) is 0 Å². The number of non-ortho nitro benzene ring substituents is 1. The predicted molar refractivity (Wildman–Crippen MR) is 83.6 cm³/mol. The number of thiophene rings is 1. The molecule has 2 aromatic rings. The molecule has 0 bridgehead atoms. The summed E-state index contributed by atoms with van der Waals surface area (Å²) in [6, 6.07) is 6.63. The number of benzene rings is 1. The molecule has 2 atom stereocenters. The van der Waals surface area contributed by atoms with Crippen molar-refractivity contribution in [1.82, 2.24) is 0 Å². The molecule has 0 unspecified atom stereocenters.